The molecule has 0 radical (unpaired) electrons. The lowest BCUT2D eigenvalue weighted by atomic mass is 10.1. The molecule has 0 saturated heterocycles. The summed E-state index contributed by atoms with van der Waals surface area (Å²) >= 11 is 3.13. The molecule has 0 atom stereocenters. The topological polar surface area (TPSA) is 189 Å². The quantitative estimate of drug-likeness (QED) is 0.0887. The van der Waals surface area contributed by atoms with Gasteiger partial charge in [0.15, 0.2) is 40.7 Å². The first-order valence-corrected chi connectivity index (χ1v) is 17.7. The number of carbonyl (C=O) groups is 4. The summed E-state index contributed by atoms with van der Waals surface area (Å²) in [6, 6.07) is 10.3. The van der Waals surface area contributed by atoms with E-state index in [0.717, 1.165) is 70.9 Å². The van der Waals surface area contributed by atoms with Crippen molar-refractivity contribution >= 4 is 45.8 Å². The third-order valence-electron chi connectivity index (χ3n) is 7.54. The summed E-state index contributed by atoms with van der Waals surface area (Å²) < 4.78 is 87.2. The van der Waals surface area contributed by atoms with Gasteiger partial charge in [0, 0.05) is 36.6 Å². The van der Waals surface area contributed by atoms with Crippen molar-refractivity contribution in [1.82, 2.24) is 19.1 Å². The van der Waals surface area contributed by atoms with Crippen LogP contribution in [0.3, 0.4) is 0 Å². The zero-order valence-electron chi connectivity index (χ0n) is 31.1. The molecule has 3 heterocycles. The van der Waals surface area contributed by atoms with E-state index < -0.39 is 69.5 Å². The number of methoxy groups -OCH3 is 2. The number of halogens is 7. The first kappa shape index (κ1) is 47.3. The molecule has 14 nitrogen and oxygen atoms in total. The van der Waals surface area contributed by atoms with Gasteiger partial charge in [0.25, 0.3) is 11.1 Å². The summed E-state index contributed by atoms with van der Waals surface area (Å²) in [4.78, 5) is 78.6. The van der Waals surface area contributed by atoms with Crippen LogP contribution < -0.4 is 11.1 Å². The van der Waals surface area contributed by atoms with Crippen LogP contribution in [0.1, 0.15) is 43.8 Å². The second-order valence-corrected chi connectivity index (χ2v) is 12.2. The third kappa shape index (κ3) is 13.5. The number of aromatic carboxylic acids is 1. The van der Waals surface area contributed by atoms with Crippen LogP contribution in [0.2, 0.25) is 0 Å². The number of ketones is 1. The van der Waals surface area contributed by atoms with Crippen LogP contribution >= 0.6 is 15.9 Å². The van der Waals surface area contributed by atoms with Gasteiger partial charge in [-0.3, -0.25) is 28.5 Å². The fourth-order valence-corrected chi connectivity index (χ4v) is 4.89. The summed E-state index contributed by atoms with van der Waals surface area (Å²) in [5, 5.41) is 9.32. The van der Waals surface area contributed by atoms with E-state index >= 15 is 0 Å². The lowest BCUT2D eigenvalue weighted by molar-refractivity contribution is -0.137. The van der Waals surface area contributed by atoms with E-state index in [0.29, 0.717) is 16.5 Å². The minimum atomic E-state index is -1.39. The van der Waals surface area contributed by atoms with Gasteiger partial charge in [-0.1, -0.05) is 34.1 Å². The van der Waals surface area contributed by atoms with E-state index in [1.54, 1.807) is 0 Å². The number of rotatable bonds is 8. The van der Waals surface area contributed by atoms with Gasteiger partial charge < -0.3 is 14.6 Å². The normalized spacial score (nSPS) is 11.3. The van der Waals surface area contributed by atoms with E-state index in [2.05, 4.69) is 40.4 Å². The monoisotopic (exact) mass is 905 g/mol. The summed E-state index contributed by atoms with van der Waals surface area (Å²) in [6.45, 7) is -0.127. The number of aromatic nitrogens is 4. The predicted molar refractivity (Wildman–Crippen MR) is 203 cm³/mol. The molecule has 60 heavy (non-hydrogen) atoms. The number of ether oxygens (including phenoxy) is 2. The lowest BCUT2D eigenvalue weighted by Gasteiger charge is -2.07. The van der Waals surface area contributed by atoms with E-state index in [1.807, 2.05) is 0 Å². The summed E-state index contributed by atoms with van der Waals surface area (Å²) in [5.41, 5.74) is -0.625. The van der Waals surface area contributed by atoms with Crippen molar-refractivity contribution in [2.75, 3.05) is 14.2 Å². The Morgan fingerprint density at radius 1 is 0.667 bits per heavy atom. The van der Waals surface area contributed by atoms with Gasteiger partial charge in [0.2, 0.25) is 0 Å². The van der Waals surface area contributed by atoms with Crippen LogP contribution in [-0.2, 0) is 37.5 Å². The maximum Gasteiger partial charge on any atom is 0.345 e. The molecule has 5 aromatic rings. The molecular weight excluding hydrogens is 876 g/mol. The van der Waals surface area contributed by atoms with E-state index in [1.165, 1.54) is 50.1 Å². The average molecular weight is 907 g/mol. The van der Waals surface area contributed by atoms with Gasteiger partial charge >= 0.3 is 17.9 Å². The van der Waals surface area contributed by atoms with Crippen molar-refractivity contribution in [1.29, 1.82) is 0 Å². The molecule has 6 rings (SSSR count). The number of benzene rings is 3. The maximum absolute atomic E-state index is 13.1. The number of aliphatic imine (C=N–C) groups is 1. The number of esters is 2. The van der Waals surface area contributed by atoms with E-state index in [-0.39, 0.29) is 36.4 Å². The van der Waals surface area contributed by atoms with Crippen LogP contribution in [0.4, 0.5) is 26.3 Å². The highest BCUT2D eigenvalue weighted by Gasteiger charge is 2.19. The Morgan fingerprint density at radius 3 is 1.52 bits per heavy atom. The van der Waals surface area contributed by atoms with Crippen LogP contribution in [0.25, 0.3) is 0 Å². The van der Waals surface area contributed by atoms with Crippen molar-refractivity contribution in [3.8, 4) is 0 Å². The second-order valence-electron chi connectivity index (χ2n) is 11.6. The first-order chi connectivity index (χ1) is 28.5. The molecule has 0 aliphatic carbocycles. The average Bonchev–Trinajstić information content (AvgIpc) is 3.23. The number of carbonyl (C=O) groups excluding carboxylic acids is 3. The van der Waals surface area contributed by atoms with Gasteiger partial charge in [-0.25, -0.2) is 50.7 Å². The number of hydrogen-bond acceptors (Lipinski definition) is 11. The van der Waals surface area contributed by atoms with Crippen molar-refractivity contribution in [2.24, 2.45) is 4.99 Å². The molecule has 1 N–H and O–H groups in total. The minimum absolute atomic E-state index is 0.0231. The summed E-state index contributed by atoms with van der Waals surface area (Å²) in [5.74, 6) is -8.66. The van der Waals surface area contributed by atoms with Gasteiger partial charge in [-0.2, -0.15) is 0 Å². The molecule has 0 spiro atoms. The van der Waals surface area contributed by atoms with Gasteiger partial charge in [0.05, 0.1) is 40.0 Å². The summed E-state index contributed by atoms with van der Waals surface area (Å²) in [6.07, 6.45) is 7.22. The van der Waals surface area contributed by atoms with Gasteiger partial charge in [-0.15, -0.1) is 0 Å². The molecule has 3 aromatic carbocycles. The zero-order chi connectivity index (χ0) is 44.5. The molecule has 2 aromatic heterocycles. The van der Waals surface area contributed by atoms with E-state index in [4.69, 9.17) is 5.11 Å². The van der Waals surface area contributed by atoms with E-state index in [9.17, 15) is 55.1 Å². The van der Waals surface area contributed by atoms with Crippen LogP contribution in [0, 0.1) is 34.9 Å². The predicted octanol–water partition coefficient (Wildman–Crippen LogP) is 5.57. The minimum Gasteiger partial charge on any atom is -0.477 e. The number of alkyl halides is 1. The van der Waals surface area contributed by atoms with Crippen LogP contribution in [-0.4, -0.2) is 68.3 Å². The molecule has 314 valence electrons. The molecule has 1 aliphatic heterocycles. The van der Waals surface area contributed by atoms with Crippen LogP contribution in [0.15, 0.2) is 106 Å². The molecular formula is C39H30BrF6N5O9. The fourth-order valence-electron chi connectivity index (χ4n) is 4.54. The molecule has 0 saturated carbocycles. The Kier molecular flexibility index (Phi) is 18.0. The maximum atomic E-state index is 13.1. The second kappa shape index (κ2) is 22.8. The molecule has 21 heteroatoms. The molecule has 1 aliphatic rings. The molecule has 0 fully saturated rings. The first-order valence-electron chi connectivity index (χ1n) is 16.6. The Balaban J connectivity index is 0.000000223. The Bertz CT molecular complexity index is 2570. The van der Waals surface area contributed by atoms with Crippen molar-refractivity contribution in [3.63, 3.8) is 0 Å². The fraction of sp³-hybridized carbons (Fsp3) is 0.154. The zero-order valence-corrected chi connectivity index (χ0v) is 32.7. The Morgan fingerprint density at radius 2 is 1.10 bits per heavy atom. The standard InChI is InChI=1S/C13H10F2N2O3.C12H8F2N2O3.C7H5BrF2.C7H7NO3/c1-20-13(19)9-5-16-7-17(12(9)18)6-8-2-3-10(14)11(15)4-8;13-9-2-1-7(3-10(9)14)5-16-6-15-4-8(11(16)17)12(18)19;8-4-5-1-2-6(9)7(10)3-5;1-11-7(10)5-4-8-3-2-6(5)9/h2-5,7H,6H2,1H3;1-4,6H,5H2,(H,18,19);1-3H,4H2;3-4H,2H2,1H3. The Labute approximate surface area is 343 Å². The highest BCUT2D eigenvalue weighted by atomic mass is 79.9. The highest BCUT2D eigenvalue weighted by Crippen LogP contribution is 2.12. The van der Waals surface area contributed by atoms with Crippen molar-refractivity contribution < 1.29 is 60.1 Å². The number of carboxylic acid groups (broad SMARTS) is 1. The Hall–Kier alpha value is -7.03. The largest absolute Gasteiger partial charge is 0.477 e. The number of carboxylic acids is 1. The number of Topliss-reactive ketones (excluding diaryl/α,β-unsaturated/α-hetero) is 1. The van der Waals surface area contributed by atoms with Gasteiger partial charge in [0.1, 0.15) is 16.7 Å². The molecule has 0 unspecified atom stereocenters. The third-order valence-corrected chi connectivity index (χ3v) is 8.19. The molecule has 0 bridgehead atoms. The molecule has 0 amide bonds. The summed E-state index contributed by atoms with van der Waals surface area (Å²) in [7, 11) is 2.38. The lowest BCUT2D eigenvalue weighted by Crippen LogP contribution is -2.27. The van der Waals surface area contributed by atoms with Crippen molar-refractivity contribution in [3.05, 3.63) is 175 Å². The smallest absolute Gasteiger partial charge is 0.345 e. The van der Waals surface area contributed by atoms with Crippen LogP contribution in [0.5, 0.6) is 0 Å². The highest BCUT2D eigenvalue weighted by molar-refractivity contribution is 9.08. The van der Waals surface area contributed by atoms with Crippen molar-refractivity contribution in [2.45, 2.75) is 24.8 Å². The number of nitrogens with zero attached hydrogens (tertiary/aromatic N) is 5. The number of hydrogen-bond donors (Lipinski definition) is 1. The van der Waals surface area contributed by atoms with Gasteiger partial charge in [-0.05, 0) is 53.1 Å². The SMILES string of the molecule is COC(=O)C1=CN=CCC1=O.COC(=O)c1cncn(Cc2ccc(F)c(F)c2)c1=O.Fc1ccc(CBr)cc1F.O=C(O)c1cncn(Cc2ccc(F)c(F)c2)c1=O.